The van der Waals surface area contributed by atoms with Crippen LogP contribution in [0.15, 0.2) is 36.5 Å². The van der Waals surface area contributed by atoms with Gasteiger partial charge in [-0.05, 0) is 37.1 Å². The van der Waals surface area contributed by atoms with Gasteiger partial charge in [0, 0.05) is 49.9 Å². The van der Waals surface area contributed by atoms with E-state index in [0.29, 0.717) is 10.6 Å². The van der Waals surface area contributed by atoms with Gasteiger partial charge in [0.1, 0.15) is 15.5 Å². The molecule has 1 aliphatic heterocycles. The Morgan fingerprint density at radius 2 is 2.11 bits per heavy atom. The lowest BCUT2D eigenvalue weighted by Crippen LogP contribution is -2.45. The fraction of sp³-hybridized carbons (Fsp3) is 0.381. The van der Waals surface area contributed by atoms with E-state index in [-0.39, 0.29) is 11.3 Å². The highest BCUT2D eigenvalue weighted by atomic mass is 32.1. The lowest BCUT2D eigenvalue weighted by atomic mass is 9.78. The quantitative estimate of drug-likeness (QED) is 0.734. The van der Waals surface area contributed by atoms with Crippen molar-refractivity contribution in [1.82, 2.24) is 14.9 Å². The van der Waals surface area contributed by atoms with Crippen molar-refractivity contribution in [2.24, 2.45) is 0 Å². The molecule has 0 bridgehead atoms. The number of pyridine rings is 2. The van der Waals surface area contributed by atoms with Gasteiger partial charge >= 0.3 is 0 Å². The number of nitrogen functional groups attached to an aromatic ring is 1. The minimum absolute atomic E-state index is 0.0750. The van der Waals surface area contributed by atoms with Crippen LogP contribution in [0.5, 0.6) is 0 Å². The van der Waals surface area contributed by atoms with E-state index in [1.165, 1.54) is 11.3 Å². The maximum Gasteiger partial charge on any atom is 0.265 e. The first kappa shape index (κ1) is 18.7. The number of nitrogens with zero attached hydrogens (tertiary/aromatic N) is 4. The van der Waals surface area contributed by atoms with Gasteiger partial charge in [-0.25, -0.2) is 9.97 Å². The SMILES string of the molecule is CN(C)C(=O)c1sc2nc(C3(C)CCCN(c4ccccn4)C3)ccc2c1N. The average molecular weight is 396 g/mol. The number of aromatic nitrogens is 2. The molecule has 7 heteroatoms. The van der Waals surface area contributed by atoms with E-state index >= 15 is 0 Å². The van der Waals surface area contributed by atoms with Crippen molar-refractivity contribution >= 4 is 39.0 Å². The molecule has 1 atom stereocenters. The van der Waals surface area contributed by atoms with Crippen LogP contribution in [0, 0.1) is 0 Å². The Labute approximate surface area is 169 Å². The molecule has 28 heavy (non-hydrogen) atoms. The number of hydrogen-bond donors (Lipinski definition) is 1. The Morgan fingerprint density at radius 3 is 2.82 bits per heavy atom. The summed E-state index contributed by atoms with van der Waals surface area (Å²) in [5, 5.41) is 0.861. The fourth-order valence-corrected chi connectivity index (χ4v) is 5.00. The minimum Gasteiger partial charge on any atom is -0.397 e. The fourth-order valence-electron chi connectivity index (χ4n) is 3.88. The third kappa shape index (κ3) is 3.20. The van der Waals surface area contributed by atoms with Crippen LogP contribution in [0.4, 0.5) is 11.5 Å². The molecule has 3 aromatic heterocycles. The van der Waals surface area contributed by atoms with Crippen LogP contribution in [0.25, 0.3) is 10.2 Å². The van der Waals surface area contributed by atoms with Crippen molar-refractivity contribution in [1.29, 1.82) is 0 Å². The number of piperidine rings is 1. The predicted octanol–water partition coefficient (Wildman–Crippen LogP) is 3.53. The van der Waals surface area contributed by atoms with Gasteiger partial charge in [-0.3, -0.25) is 4.79 Å². The van der Waals surface area contributed by atoms with Crippen LogP contribution in [0.1, 0.15) is 35.1 Å². The zero-order valence-corrected chi connectivity index (χ0v) is 17.3. The smallest absolute Gasteiger partial charge is 0.265 e. The van der Waals surface area contributed by atoms with Crippen molar-refractivity contribution < 1.29 is 4.79 Å². The molecule has 0 radical (unpaired) electrons. The Morgan fingerprint density at radius 1 is 1.29 bits per heavy atom. The van der Waals surface area contributed by atoms with E-state index in [0.717, 1.165) is 47.7 Å². The number of carbonyl (C=O) groups is 1. The molecular formula is C21H25N5OS. The van der Waals surface area contributed by atoms with Crippen molar-refractivity contribution in [2.45, 2.75) is 25.2 Å². The van der Waals surface area contributed by atoms with E-state index in [1.54, 1.807) is 19.0 Å². The zero-order valence-electron chi connectivity index (χ0n) is 16.5. The summed E-state index contributed by atoms with van der Waals surface area (Å²) in [6.45, 7) is 4.13. The highest BCUT2D eigenvalue weighted by Crippen LogP contribution is 2.38. The molecule has 4 rings (SSSR count). The molecule has 6 nitrogen and oxygen atoms in total. The first-order chi connectivity index (χ1) is 13.4. The summed E-state index contributed by atoms with van der Waals surface area (Å²) in [6, 6.07) is 10.1. The molecule has 0 aliphatic carbocycles. The summed E-state index contributed by atoms with van der Waals surface area (Å²) >= 11 is 1.38. The van der Waals surface area contributed by atoms with Crippen molar-refractivity contribution in [2.75, 3.05) is 37.8 Å². The first-order valence-corrected chi connectivity index (χ1v) is 10.3. The monoisotopic (exact) mass is 395 g/mol. The third-order valence-electron chi connectivity index (χ3n) is 5.48. The normalized spacial score (nSPS) is 19.8. The van der Waals surface area contributed by atoms with Gasteiger partial charge in [-0.15, -0.1) is 11.3 Å². The lowest BCUT2D eigenvalue weighted by Gasteiger charge is -2.40. The van der Waals surface area contributed by atoms with E-state index in [4.69, 9.17) is 10.7 Å². The standard InChI is InChI=1S/C21H25N5OS/c1-21(10-6-12-26(13-21)16-7-4-5-11-23-16)15-9-8-14-17(22)18(20(27)25(2)3)28-19(14)24-15/h4-5,7-9,11H,6,10,12-13,22H2,1-3H3. The second kappa shape index (κ2) is 7.05. The molecule has 0 saturated carbocycles. The average Bonchev–Trinajstić information content (AvgIpc) is 3.04. The molecule has 1 amide bonds. The van der Waals surface area contributed by atoms with Crippen LogP contribution >= 0.6 is 11.3 Å². The number of rotatable bonds is 3. The molecule has 3 aromatic rings. The lowest BCUT2D eigenvalue weighted by molar-refractivity contribution is 0.0833. The number of nitrogens with two attached hydrogens (primary N) is 1. The summed E-state index contributed by atoms with van der Waals surface area (Å²) in [5.41, 5.74) is 7.74. The van der Waals surface area contributed by atoms with Crippen LogP contribution in [0.2, 0.25) is 0 Å². The highest BCUT2D eigenvalue weighted by molar-refractivity contribution is 7.21. The summed E-state index contributed by atoms with van der Waals surface area (Å²) in [6.07, 6.45) is 3.99. The second-order valence-corrected chi connectivity index (χ2v) is 8.87. The Balaban J connectivity index is 1.69. The largest absolute Gasteiger partial charge is 0.397 e. The molecule has 146 valence electrons. The summed E-state index contributed by atoms with van der Waals surface area (Å²) < 4.78 is 0. The first-order valence-electron chi connectivity index (χ1n) is 9.46. The number of thiophene rings is 1. The molecular weight excluding hydrogens is 370 g/mol. The van der Waals surface area contributed by atoms with Crippen molar-refractivity contribution in [3.8, 4) is 0 Å². The van der Waals surface area contributed by atoms with E-state index in [1.807, 2.05) is 24.4 Å². The highest BCUT2D eigenvalue weighted by Gasteiger charge is 2.35. The molecule has 1 saturated heterocycles. The summed E-state index contributed by atoms with van der Waals surface area (Å²) in [4.78, 5) is 27.1. The minimum atomic E-state index is -0.0766. The predicted molar refractivity (Wildman–Crippen MR) is 115 cm³/mol. The molecule has 4 heterocycles. The molecule has 2 N–H and O–H groups in total. The van der Waals surface area contributed by atoms with Gasteiger partial charge in [0.15, 0.2) is 0 Å². The van der Waals surface area contributed by atoms with Gasteiger partial charge in [-0.1, -0.05) is 13.0 Å². The Kier molecular flexibility index (Phi) is 4.71. The van der Waals surface area contributed by atoms with Crippen LogP contribution in [-0.2, 0) is 5.41 Å². The second-order valence-electron chi connectivity index (χ2n) is 7.87. The number of fused-ring (bicyclic) bond motifs is 1. The number of amides is 1. The molecule has 1 aliphatic rings. The summed E-state index contributed by atoms with van der Waals surface area (Å²) in [5.74, 6) is 0.931. The number of carbonyl (C=O) groups excluding carboxylic acids is 1. The van der Waals surface area contributed by atoms with Crippen LogP contribution < -0.4 is 10.6 Å². The number of hydrogen-bond acceptors (Lipinski definition) is 6. The molecule has 1 fully saturated rings. The van der Waals surface area contributed by atoms with Gasteiger partial charge in [0.25, 0.3) is 5.91 Å². The van der Waals surface area contributed by atoms with Gasteiger partial charge in [0.2, 0.25) is 0 Å². The topological polar surface area (TPSA) is 75.4 Å². The maximum atomic E-state index is 12.4. The summed E-state index contributed by atoms with van der Waals surface area (Å²) in [7, 11) is 3.47. The number of anilines is 2. The molecule has 0 spiro atoms. The molecule has 0 aromatic carbocycles. The zero-order chi connectivity index (χ0) is 19.9. The van der Waals surface area contributed by atoms with E-state index < -0.39 is 0 Å². The Bertz CT molecular complexity index is 1020. The third-order valence-corrected chi connectivity index (χ3v) is 6.59. The van der Waals surface area contributed by atoms with E-state index in [2.05, 4.69) is 28.9 Å². The van der Waals surface area contributed by atoms with Gasteiger partial charge in [0.05, 0.1) is 5.69 Å². The van der Waals surface area contributed by atoms with E-state index in [9.17, 15) is 4.79 Å². The van der Waals surface area contributed by atoms with Gasteiger partial charge in [-0.2, -0.15) is 0 Å². The van der Waals surface area contributed by atoms with Gasteiger partial charge < -0.3 is 15.5 Å². The van der Waals surface area contributed by atoms with Crippen molar-refractivity contribution in [3.05, 3.63) is 47.1 Å². The maximum absolute atomic E-state index is 12.4. The van der Waals surface area contributed by atoms with Crippen LogP contribution in [0.3, 0.4) is 0 Å². The van der Waals surface area contributed by atoms with Crippen molar-refractivity contribution in [3.63, 3.8) is 0 Å². The van der Waals surface area contributed by atoms with Crippen LogP contribution in [-0.4, -0.2) is 48.0 Å². The molecule has 1 unspecified atom stereocenters. The Hall–Kier alpha value is -2.67.